The fourth-order valence-corrected chi connectivity index (χ4v) is 1.57. The maximum atomic E-state index is 11.7. The highest BCUT2D eigenvalue weighted by molar-refractivity contribution is 9.10. The first-order chi connectivity index (χ1) is 9.02. The maximum absolute atomic E-state index is 11.7. The van der Waals surface area contributed by atoms with Gasteiger partial charge < -0.3 is 15.7 Å². The predicted octanol–water partition coefficient (Wildman–Crippen LogP) is 1.07. The van der Waals surface area contributed by atoms with Crippen molar-refractivity contribution in [2.45, 2.75) is 19.4 Å². The molecule has 0 aliphatic heterocycles. The van der Waals surface area contributed by atoms with Crippen LogP contribution in [-0.4, -0.2) is 36.1 Å². The summed E-state index contributed by atoms with van der Waals surface area (Å²) >= 11 is 3.28. The number of aliphatic hydroxyl groups is 1. The van der Waals surface area contributed by atoms with E-state index in [1.165, 1.54) is 0 Å². The molecule has 1 rings (SSSR count). The van der Waals surface area contributed by atoms with Gasteiger partial charge in [-0.2, -0.15) is 0 Å². The summed E-state index contributed by atoms with van der Waals surface area (Å²) in [5.74, 6) is -0.628. The number of benzene rings is 1. The first-order valence-corrected chi connectivity index (χ1v) is 6.80. The van der Waals surface area contributed by atoms with Crippen molar-refractivity contribution < 1.29 is 14.7 Å². The highest BCUT2D eigenvalue weighted by atomic mass is 79.9. The Morgan fingerprint density at radius 2 is 1.89 bits per heavy atom. The highest BCUT2D eigenvalue weighted by Gasteiger charge is 2.08. The van der Waals surface area contributed by atoms with Crippen molar-refractivity contribution in [1.82, 2.24) is 10.6 Å². The van der Waals surface area contributed by atoms with E-state index in [0.717, 1.165) is 4.47 Å². The van der Waals surface area contributed by atoms with Crippen molar-refractivity contribution in [1.29, 1.82) is 0 Å². The molecule has 0 fully saturated rings. The molecule has 0 heterocycles. The molecule has 6 heteroatoms. The van der Waals surface area contributed by atoms with Gasteiger partial charge >= 0.3 is 0 Å². The molecule has 0 saturated heterocycles. The third kappa shape index (κ3) is 5.85. The van der Waals surface area contributed by atoms with Crippen LogP contribution >= 0.6 is 15.9 Å². The first-order valence-electron chi connectivity index (χ1n) is 6.01. The lowest BCUT2D eigenvalue weighted by atomic mass is 10.2. The normalized spacial score (nSPS) is 11.7. The number of nitrogens with one attached hydrogen (secondary N) is 2. The van der Waals surface area contributed by atoms with Gasteiger partial charge in [0.25, 0.3) is 5.91 Å². The Balaban J connectivity index is 2.34. The lowest BCUT2D eigenvalue weighted by Crippen LogP contribution is -2.39. The number of aliphatic hydroxyl groups excluding tert-OH is 1. The molecule has 0 spiro atoms. The number of rotatable bonds is 6. The Morgan fingerprint density at radius 3 is 2.47 bits per heavy atom. The summed E-state index contributed by atoms with van der Waals surface area (Å²) in [6.45, 7) is 1.92. The molecule has 1 unspecified atom stereocenters. The zero-order valence-electron chi connectivity index (χ0n) is 10.6. The molecular weight excluding hydrogens is 312 g/mol. The van der Waals surface area contributed by atoms with Crippen LogP contribution in [0.1, 0.15) is 23.7 Å². The van der Waals surface area contributed by atoms with E-state index in [9.17, 15) is 14.7 Å². The van der Waals surface area contributed by atoms with Crippen LogP contribution in [0.3, 0.4) is 0 Å². The second-order valence-corrected chi connectivity index (χ2v) is 4.97. The number of halogens is 1. The SMILES string of the molecule is CCC(O)CNC(=O)CNC(=O)c1ccc(Br)cc1. The van der Waals surface area contributed by atoms with Crippen molar-refractivity contribution in [3.63, 3.8) is 0 Å². The van der Waals surface area contributed by atoms with Crippen LogP contribution < -0.4 is 10.6 Å². The van der Waals surface area contributed by atoms with Gasteiger partial charge in [0, 0.05) is 16.6 Å². The molecular formula is C13H17BrN2O3. The van der Waals surface area contributed by atoms with E-state index >= 15 is 0 Å². The Hall–Kier alpha value is -1.40. The molecule has 1 atom stereocenters. The van der Waals surface area contributed by atoms with E-state index in [1.807, 2.05) is 6.92 Å². The Kier molecular flexibility index (Phi) is 6.52. The summed E-state index contributed by atoms with van der Waals surface area (Å²) in [7, 11) is 0. The standard InChI is InChI=1S/C13H17BrN2O3/c1-2-11(17)7-15-12(18)8-16-13(19)9-3-5-10(14)6-4-9/h3-6,11,17H,2,7-8H2,1H3,(H,15,18)(H,16,19). The zero-order valence-corrected chi connectivity index (χ0v) is 12.2. The van der Waals surface area contributed by atoms with Crippen LogP contribution in [0.25, 0.3) is 0 Å². The number of amides is 2. The molecule has 5 nitrogen and oxygen atoms in total. The van der Waals surface area contributed by atoms with Gasteiger partial charge in [-0.1, -0.05) is 22.9 Å². The average molecular weight is 329 g/mol. The van der Waals surface area contributed by atoms with Gasteiger partial charge in [-0.15, -0.1) is 0 Å². The van der Waals surface area contributed by atoms with Crippen molar-refractivity contribution >= 4 is 27.7 Å². The molecule has 104 valence electrons. The number of carbonyl (C=O) groups is 2. The third-order valence-corrected chi connectivity index (χ3v) is 3.05. The molecule has 0 aromatic heterocycles. The first kappa shape index (κ1) is 15.7. The van der Waals surface area contributed by atoms with E-state index in [1.54, 1.807) is 24.3 Å². The quantitative estimate of drug-likeness (QED) is 0.730. The van der Waals surface area contributed by atoms with E-state index in [2.05, 4.69) is 26.6 Å². The van der Waals surface area contributed by atoms with E-state index in [4.69, 9.17) is 0 Å². The van der Waals surface area contributed by atoms with Crippen LogP contribution in [-0.2, 0) is 4.79 Å². The van der Waals surface area contributed by atoms with Crippen molar-refractivity contribution in [2.75, 3.05) is 13.1 Å². The van der Waals surface area contributed by atoms with Crippen molar-refractivity contribution in [3.05, 3.63) is 34.3 Å². The highest BCUT2D eigenvalue weighted by Crippen LogP contribution is 2.10. The second kappa shape index (κ2) is 7.91. The molecule has 0 radical (unpaired) electrons. The van der Waals surface area contributed by atoms with Gasteiger partial charge in [0.2, 0.25) is 5.91 Å². The van der Waals surface area contributed by atoms with Crippen molar-refractivity contribution in [2.24, 2.45) is 0 Å². The maximum Gasteiger partial charge on any atom is 0.251 e. The fourth-order valence-electron chi connectivity index (χ4n) is 1.30. The molecule has 1 aromatic carbocycles. The summed E-state index contributed by atoms with van der Waals surface area (Å²) in [5, 5.41) is 14.3. The molecule has 0 saturated carbocycles. The van der Waals surface area contributed by atoms with Gasteiger partial charge in [-0.05, 0) is 30.7 Å². The summed E-state index contributed by atoms with van der Waals surface area (Å²) in [6.07, 6.45) is 0.0250. The average Bonchev–Trinajstić information content (AvgIpc) is 2.42. The smallest absolute Gasteiger partial charge is 0.251 e. The molecule has 3 N–H and O–H groups in total. The van der Waals surface area contributed by atoms with Gasteiger partial charge in [-0.3, -0.25) is 9.59 Å². The Labute approximate surface area is 120 Å². The van der Waals surface area contributed by atoms with Crippen LogP contribution in [0.15, 0.2) is 28.7 Å². The van der Waals surface area contributed by atoms with Crippen molar-refractivity contribution in [3.8, 4) is 0 Å². The fraction of sp³-hybridized carbons (Fsp3) is 0.385. The second-order valence-electron chi connectivity index (χ2n) is 4.06. The number of carbonyl (C=O) groups excluding carboxylic acids is 2. The molecule has 0 aliphatic carbocycles. The van der Waals surface area contributed by atoms with Gasteiger partial charge in [0.15, 0.2) is 0 Å². The lowest BCUT2D eigenvalue weighted by molar-refractivity contribution is -0.120. The van der Waals surface area contributed by atoms with Crippen LogP contribution in [0.2, 0.25) is 0 Å². The summed E-state index contributed by atoms with van der Waals surface area (Å²) in [6, 6.07) is 6.84. The zero-order chi connectivity index (χ0) is 14.3. The molecule has 2 amide bonds. The topological polar surface area (TPSA) is 78.4 Å². The van der Waals surface area contributed by atoms with E-state index in [-0.39, 0.29) is 24.9 Å². The minimum Gasteiger partial charge on any atom is -0.391 e. The van der Waals surface area contributed by atoms with E-state index < -0.39 is 6.10 Å². The summed E-state index contributed by atoms with van der Waals surface area (Å²) < 4.78 is 0.885. The molecule has 1 aromatic rings. The van der Waals surface area contributed by atoms with Gasteiger partial charge in [0.1, 0.15) is 0 Å². The summed E-state index contributed by atoms with van der Waals surface area (Å²) in [4.78, 5) is 23.1. The monoisotopic (exact) mass is 328 g/mol. The third-order valence-electron chi connectivity index (χ3n) is 2.52. The van der Waals surface area contributed by atoms with Gasteiger partial charge in [-0.25, -0.2) is 0 Å². The molecule has 0 bridgehead atoms. The Bertz CT molecular complexity index is 434. The Morgan fingerprint density at radius 1 is 1.26 bits per heavy atom. The van der Waals surface area contributed by atoms with Crippen LogP contribution in [0.4, 0.5) is 0 Å². The van der Waals surface area contributed by atoms with E-state index in [0.29, 0.717) is 12.0 Å². The minimum atomic E-state index is -0.550. The minimum absolute atomic E-state index is 0.106. The van der Waals surface area contributed by atoms with Crippen LogP contribution in [0, 0.1) is 0 Å². The lowest BCUT2D eigenvalue weighted by Gasteiger charge is -2.10. The largest absolute Gasteiger partial charge is 0.391 e. The molecule has 19 heavy (non-hydrogen) atoms. The predicted molar refractivity (Wildman–Crippen MR) is 75.8 cm³/mol. The number of hydrogen-bond donors (Lipinski definition) is 3. The van der Waals surface area contributed by atoms with Crippen LogP contribution in [0.5, 0.6) is 0 Å². The number of hydrogen-bond acceptors (Lipinski definition) is 3. The summed E-state index contributed by atoms with van der Waals surface area (Å²) in [5.41, 5.74) is 0.490. The van der Waals surface area contributed by atoms with Gasteiger partial charge in [0.05, 0.1) is 12.6 Å². The molecule has 0 aliphatic rings.